The van der Waals surface area contributed by atoms with Crippen LogP contribution in [0.4, 0.5) is 0 Å². The second-order valence-electron chi connectivity index (χ2n) is 7.47. The van der Waals surface area contributed by atoms with Gasteiger partial charge in [-0.25, -0.2) is 0 Å². The number of carbonyl (C=O) groups is 3. The number of ketones is 3. The summed E-state index contributed by atoms with van der Waals surface area (Å²) in [5.74, 6) is -1.25. The van der Waals surface area contributed by atoms with Crippen molar-refractivity contribution >= 4 is 34.6 Å². The molecule has 0 amide bonds. The van der Waals surface area contributed by atoms with E-state index in [9.17, 15) is 19.5 Å². The molecule has 0 aliphatic heterocycles. The Labute approximate surface area is 171 Å². The summed E-state index contributed by atoms with van der Waals surface area (Å²) in [5.41, 5.74) is 10.6. The first-order valence-electron chi connectivity index (χ1n) is 9.41. The van der Waals surface area contributed by atoms with Crippen LogP contribution in [0, 0.1) is 20.8 Å². The lowest BCUT2D eigenvalue weighted by atomic mass is 9.73. The van der Waals surface area contributed by atoms with Gasteiger partial charge in [0.25, 0.3) is 0 Å². The third kappa shape index (κ3) is 3.92. The zero-order chi connectivity index (χ0) is 21.3. The molecule has 3 N–H and O–H groups in total. The van der Waals surface area contributed by atoms with Crippen LogP contribution >= 0.6 is 12.2 Å². The third-order valence-electron chi connectivity index (χ3n) is 5.62. The van der Waals surface area contributed by atoms with Gasteiger partial charge in [0.2, 0.25) is 0 Å². The quantitative estimate of drug-likeness (QED) is 0.255. The second kappa shape index (κ2) is 8.35. The molecule has 2 rings (SSSR count). The number of thiocarbonyl (C=S) groups is 1. The van der Waals surface area contributed by atoms with E-state index in [2.05, 4.69) is 0 Å². The fourth-order valence-electron chi connectivity index (χ4n) is 4.45. The summed E-state index contributed by atoms with van der Waals surface area (Å²) < 4.78 is 0. The molecular formula is C22H27NO4S. The number of Topliss-reactive ketones (excluding diaryl/α,β-unsaturated/α-hetero) is 3. The van der Waals surface area contributed by atoms with Crippen molar-refractivity contribution in [2.24, 2.45) is 5.73 Å². The van der Waals surface area contributed by atoms with Gasteiger partial charge in [0, 0.05) is 31.2 Å². The van der Waals surface area contributed by atoms with Gasteiger partial charge in [0.05, 0.1) is 10.6 Å². The third-order valence-corrected chi connectivity index (χ3v) is 5.76. The van der Waals surface area contributed by atoms with Crippen LogP contribution in [0.3, 0.4) is 0 Å². The van der Waals surface area contributed by atoms with Crippen molar-refractivity contribution in [2.45, 2.75) is 66.2 Å². The molecule has 0 saturated heterocycles. The maximum atomic E-state index is 12.6. The van der Waals surface area contributed by atoms with E-state index in [4.69, 9.17) is 18.0 Å². The number of aliphatic hydroxyl groups is 1. The Kier molecular flexibility index (Phi) is 6.55. The lowest BCUT2D eigenvalue weighted by Gasteiger charge is -2.29. The minimum absolute atomic E-state index is 0.0712. The predicted molar refractivity (Wildman–Crippen MR) is 113 cm³/mol. The number of allylic oxidation sites excluding steroid dienone is 2. The first-order chi connectivity index (χ1) is 13.0. The van der Waals surface area contributed by atoms with E-state index in [-0.39, 0.29) is 53.9 Å². The maximum absolute atomic E-state index is 12.6. The average Bonchev–Trinajstić information content (AvgIpc) is 2.57. The molecule has 0 unspecified atom stereocenters. The lowest BCUT2D eigenvalue weighted by Crippen LogP contribution is -2.28. The van der Waals surface area contributed by atoms with Crippen LogP contribution in [-0.4, -0.2) is 27.4 Å². The molecule has 1 fully saturated rings. The lowest BCUT2D eigenvalue weighted by molar-refractivity contribution is -0.124. The van der Waals surface area contributed by atoms with Crippen LogP contribution in [-0.2, 0) is 16.0 Å². The SMILES string of the molecule is CCC(O)=C1C(=O)CC(c2c(C)c(CC(N)=S)c(C)c(C(C)=O)c2C)CC1=O. The topological polar surface area (TPSA) is 97.5 Å². The van der Waals surface area contributed by atoms with Crippen LogP contribution in [0.5, 0.6) is 0 Å². The zero-order valence-electron chi connectivity index (χ0n) is 17.1. The number of nitrogens with two attached hydrogens (primary N) is 1. The minimum Gasteiger partial charge on any atom is -0.511 e. The molecule has 5 nitrogen and oxygen atoms in total. The monoisotopic (exact) mass is 401 g/mol. The number of rotatable bonds is 5. The number of hydrogen-bond acceptors (Lipinski definition) is 5. The summed E-state index contributed by atoms with van der Waals surface area (Å²) in [7, 11) is 0. The first kappa shape index (κ1) is 22.0. The van der Waals surface area contributed by atoms with E-state index >= 15 is 0 Å². The normalized spacial score (nSPS) is 17.0. The van der Waals surface area contributed by atoms with Gasteiger partial charge in [-0.15, -0.1) is 0 Å². The summed E-state index contributed by atoms with van der Waals surface area (Å²) in [4.78, 5) is 37.9. The molecule has 0 aromatic heterocycles. The fourth-order valence-corrected chi connectivity index (χ4v) is 4.60. The molecule has 1 saturated carbocycles. The Hall–Kier alpha value is -2.34. The van der Waals surface area contributed by atoms with Gasteiger partial charge >= 0.3 is 0 Å². The van der Waals surface area contributed by atoms with Crippen LogP contribution in [0.1, 0.15) is 77.2 Å². The van der Waals surface area contributed by atoms with Gasteiger partial charge in [0.15, 0.2) is 17.3 Å². The predicted octanol–water partition coefficient (Wildman–Crippen LogP) is 3.88. The Morgan fingerprint density at radius 1 is 1.11 bits per heavy atom. The molecule has 0 bridgehead atoms. The Balaban J connectivity index is 2.68. The highest BCUT2D eigenvalue weighted by molar-refractivity contribution is 7.80. The molecule has 1 aliphatic carbocycles. The van der Waals surface area contributed by atoms with Gasteiger partial charge in [0.1, 0.15) is 5.76 Å². The summed E-state index contributed by atoms with van der Waals surface area (Å²) in [6, 6.07) is 0. The van der Waals surface area contributed by atoms with Crippen molar-refractivity contribution in [2.75, 3.05) is 0 Å². The van der Waals surface area contributed by atoms with Crippen molar-refractivity contribution in [3.8, 4) is 0 Å². The molecular weight excluding hydrogens is 374 g/mol. The van der Waals surface area contributed by atoms with E-state index < -0.39 is 0 Å². The van der Waals surface area contributed by atoms with Gasteiger partial charge < -0.3 is 10.8 Å². The largest absolute Gasteiger partial charge is 0.511 e. The van der Waals surface area contributed by atoms with Crippen LogP contribution in [0.15, 0.2) is 11.3 Å². The second-order valence-corrected chi connectivity index (χ2v) is 7.99. The molecule has 28 heavy (non-hydrogen) atoms. The molecule has 0 heterocycles. The average molecular weight is 402 g/mol. The van der Waals surface area contributed by atoms with Crippen molar-refractivity contribution in [3.63, 3.8) is 0 Å². The minimum atomic E-state index is -0.347. The molecule has 0 radical (unpaired) electrons. The molecule has 1 aromatic carbocycles. The molecule has 0 spiro atoms. The van der Waals surface area contributed by atoms with Crippen LogP contribution in [0.25, 0.3) is 0 Å². The Bertz CT molecular complexity index is 907. The molecule has 6 heteroatoms. The summed E-state index contributed by atoms with van der Waals surface area (Å²) in [6.07, 6.45) is 0.850. The number of benzene rings is 1. The smallest absolute Gasteiger partial charge is 0.170 e. The van der Waals surface area contributed by atoms with E-state index in [1.165, 1.54) is 6.92 Å². The van der Waals surface area contributed by atoms with E-state index in [0.717, 1.165) is 27.8 Å². The van der Waals surface area contributed by atoms with E-state index in [0.29, 0.717) is 17.0 Å². The maximum Gasteiger partial charge on any atom is 0.170 e. The van der Waals surface area contributed by atoms with Crippen LogP contribution in [0.2, 0.25) is 0 Å². The summed E-state index contributed by atoms with van der Waals surface area (Å²) in [6.45, 7) is 8.88. The van der Waals surface area contributed by atoms with Gasteiger partial charge in [-0.05, 0) is 61.4 Å². The number of carbonyl (C=O) groups excluding carboxylic acids is 3. The van der Waals surface area contributed by atoms with Crippen molar-refractivity contribution in [3.05, 3.63) is 44.7 Å². The summed E-state index contributed by atoms with van der Waals surface area (Å²) >= 11 is 5.08. The van der Waals surface area contributed by atoms with E-state index in [1.54, 1.807) is 6.92 Å². The van der Waals surface area contributed by atoms with E-state index in [1.807, 2.05) is 20.8 Å². The highest BCUT2D eigenvalue weighted by Gasteiger charge is 2.36. The molecule has 150 valence electrons. The Morgan fingerprint density at radius 2 is 1.64 bits per heavy atom. The summed E-state index contributed by atoms with van der Waals surface area (Å²) in [5, 5.41) is 9.95. The molecule has 0 atom stereocenters. The van der Waals surface area contributed by atoms with Crippen LogP contribution < -0.4 is 5.73 Å². The van der Waals surface area contributed by atoms with Gasteiger partial charge in [-0.3, -0.25) is 14.4 Å². The number of aliphatic hydroxyl groups excluding tert-OH is 1. The zero-order valence-corrected chi connectivity index (χ0v) is 17.9. The van der Waals surface area contributed by atoms with Crippen molar-refractivity contribution in [1.29, 1.82) is 0 Å². The van der Waals surface area contributed by atoms with Crippen molar-refractivity contribution < 1.29 is 19.5 Å². The van der Waals surface area contributed by atoms with Crippen molar-refractivity contribution in [1.82, 2.24) is 0 Å². The standard InChI is InChI=1S/C22H27NO4S/c1-6-16(25)22-17(26)7-14(8-18(22)27)21-11(3)15(9-19(23)28)10(2)20(12(21)4)13(5)24/h14,25H,6-9H2,1-5H3,(H2,23,28). The first-order valence-corrected chi connectivity index (χ1v) is 9.82. The Morgan fingerprint density at radius 3 is 2.07 bits per heavy atom. The highest BCUT2D eigenvalue weighted by Crippen LogP contribution is 2.39. The molecule has 1 aliphatic rings. The fraction of sp³-hybridized carbons (Fsp3) is 0.455. The van der Waals surface area contributed by atoms with Gasteiger partial charge in [-0.1, -0.05) is 19.1 Å². The number of hydrogen-bond donors (Lipinski definition) is 2. The highest BCUT2D eigenvalue weighted by atomic mass is 32.1. The van der Waals surface area contributed by atoms with Gasteiger partial charge in [-0.2, -0.15) is 0 Å². The molecule has 1 aromatic rings.